The highest BCUT2D eigenvalue weighted by Gasteiger charge is 2.05. The molecular formula is C13H16N4. The van der Waals surface area contributed by atoms with Crippen LogP contribution in [0.3, 0.4) is 0 Å². The van der Waals surface area contributed by atoms with E-state index in [-0.39, 0.29) is 0 Å². The predicted molar refractivity (Wildman–Crippen MR) is 69.6 cm³/mol. The summed E-state index contributed by atoms with van der Waals surface area (Å²) < 4.78 is 0. The largest absolute Gasteiger partial charge is 0.382 e. The van der Waals surface area contributed by atoms with Gasteiger partial charge in [0.25, 0.3) is 0 Å². The van der Waals surface area contributed by atoms with Gasteiger partial charge in [0.2, 0.25) is 0 Å². The Labute approximate surface area is 101 Å². The van der Waals surface area contributed by atoms with Gasteiger partial charge in [0, 0.05) is 12.2 Å². The average molecular weight is 228 g/mol. The third-order valence-electron chi connectivity index (χ3n) is 2.58. The molecule has 4 nitrogen and oxygen atoms in total. The van der Waals surface area contributed by atoms with Crippen molar-refractivity contribution < 1.29 is 0 Å². The molecule has 0 saturated carbocycles. The number of nitrogens with zero attached hydrogens (tertiary/aromatic N) is 3. The van der Waals surface area contributed by atoms with E-state index in [0.29, 0.717) is 5.82 Å². The molecule has 1 aromatic heterocycles. The van der Waals surface area contributed by atoms with Crippen molar-refractivity contribution in [2.24, 2.45) is 0 Å². The van der Waals surface area contributed by atoms with E-state index in [4.69, 9.17) is 5.73 Å². The quantitative estimate of drug-likeness (QED) is 0.870. The minimum absolute atomic E-state index is 0.455. The monoisotopic (exact) mass is 228 g/mol. The minimum Gasteiger partial charge on any atom is -0.382 e. The van der Waals surface area contributed by atoms with Crippen LogP contribution in [0.5, 0.6) is 0 Å². The van der Waals surface area contributed by atoms with E-state index in [2.05, 4.69) is 33.9 Å². The highest BCUT2D eigenvalue weighted by atomic mass is 15.1. The van der Waals surface area contributed by atoms with Gasteiger partial charge in [-0.3, -0.25) is 4.98 Å². The van der Waals surface area contributed by atoms with Gasteiger partial charge in [0.15, 0.2) is 0 Å². The summed E-state index contributed by atoms with van der Waals surface area (Å²) in [5.74, 6) is 0.455. The fourth-order valence-electron chi connectivity index (χ4n) is 1.67. The van der Waals surface area contributed by atoms with Gasteiger partial charge < -0.3 is 10.6 Å². The molecule has 88 valence electrons. The third-order valence-corrected chi connectivity index (χ3v) is 2.58. The van der Waals surface area contributed by atoms with E-state index in [9.17, 15) is 0 Å². The summed E-state index contributed by atoms with van der Waals surface area (Å²) >= 11 is 0. The van der Waals surface area contributed by atoms with Crippen molar-refractivity contribution in [1.82, 2.24) is 9.97 Å². The molecule has 0 aliphatic carbocycles. The van der Waals surface area contributed by atoms with Crippen LogP contribution in [0.2, 0.25) is 0 Å². The highest BCUT2D eigenvalue weighted by molar-refractivity contribution is 5.46. The minimum atomic E-state index is 0.455. The van der Waals surface area contributed by atoms with E-state index in [1.165, 1.54) is 5.69 Å². The molecule has 0 spiro atoms. The molecule has 4 heteroatoms. The summed E-state index contributed by atoms with van der Waals surface area (Å²) in [6, 6.07) is 10.3. The smallest absolute Gasteiger partial charge is 0.141 e. The summed E-state index contributed by atoms with van der Waals surface area (Å²) in [5, 5.41) is 0. The van der Waals surface area contributed by atoms with Gasteiger partial charge in [0.1, 0.15) is 5.82 Å². The molecule has 2 N–H and O–H groups in total. The lowest BCUT2D eigenvalue weighted by molar-refractivity contribution is 0.804. The topological polar surface area (TPSA) is 55.0 Å². The van der Waals surface area contributed by atoms with E-state index < -0.39 is 0 Å². The molecule has 0 aliphatic rings. The molecule has 0 radical (unpaired) electrons. The van der Waals surface area contributed by atoms with Gasteiger partial charge in [-0.15, -0.1) is 0 Å². The van der Waals surface area contributed by atoms with Crippen molar-refractivity contribution in [2.75, 3.05) is 17.2 Å². The van der Waals surface area contributed by atoms with Crippen molar-refractivity contribution >= 4 is 11.5 Å². The Morgan fingerprint density at radius 1 is 1.12 bits per heavy atom. The maximum atomic E-state index is 5.51. The number of nitrogens with two attached hydrogens (primary N) is 1. The lowest BCUT2D eigenvalue weighted by Crippen LogP contribution is -2.22. The van der Waals surface area contributed by atoms with Gasteiger partial charge in [-0.05, 0) is 19.1 Å². The highest BCUT2D eigenvalue weighted by Crippen LogP contribution is 2.15. The van der Waals surface area contributed by atoms with Crippen LogP contribution in [0, 0.1) is 0 Å². The number of anilines is 2. The number of rotatable bonds is 4. The lowest BCUT2D eigenvalue weighted by atomic mass is 10.2. The molecule has 0 saturated heterocycles. The summed E-state index contributed by atoms with van der Waals surface area (Å²) in [6.45, 7) is 3.79. The number of hydrogen-bond acceptors (Lipinski definition) is 4. The number of nitrogen functional groups attached to an aromatic ring is 1. The fourth-order valence-corrected chi connectivity index (χ4v) is 1.67. The molecule has 2 rings (SSSR count). The third kappa shape index (κ3) is 2.93. The first-order valence-corrected chi connectivity index (χ1v) is 5.66. The normalized spacial score (nSPS) is 10.2. The van der Waals surface area contributed by atoms with Crippen LogP contribution < -0.4 is 10.6 Å². The van der Waals surface area contributed by atoms with Gasteiger partial charge in [0.05, 0.1) is 24.6 Å². The molecule has 0 fully saturated rings. The van der Waals surface area contributed by atoms with Crippen LogP contribution >= 0.6 is 0 Å². The summed E-state index contributed by atoms with van der Waals surface area (Å²) in [6.07, 6.45) is 3.31. The number of aromatic nitrogens is 2. The maximum absolute atomic E-state index is 5.51. The molecule has 17 heavy (non-hydrogen) atoms. The zero-order valence-electron chi connectivity index (χ0n) is 9.87. The van der Waals surface area contributed by atoms with Crippen LogP contribution in [-0.4, -0.2) is 16.5 Å². The van der Waals surface area contributed by atoms with E-state index in [1.807, 2.05) is 18.2 Å². The summed E-state index contributed by atoms with van der Waals surface area (Å²) in [7, 11) is 0. The first-order valence-electron chi connectivity index (χ1n) is 5.66. The second kappa shape index (κ2) is 5.30. The Kier molecular flexibility index (Phi) is 3.55. The molecule has 2 aromatic rings. The van der Waals surface area contributed by atoms with Gasteiger partial charge in [-0.2, -0.15) is 0 Å². The Hall–Kier alpha value is -2.10. The molecule has 0 aliphatic heterocycles. The van der Waals surface area contributed by atoms with Crippen LogP contribution in [-0.2, 0) is 6.54 Å². The Morgan fingerprint density at radius 2 is 1.88 bits per heavy atom. The Balaban J connectivity index is 2.13. The Bertz CT molecular complexity index is 453. The number of benzene rings is 1. The fraction of sp³-hybridized carbons (Fsp3) is 0.231. The number of hydrogen-bond donors (Lipinski definition) is 1. The van der Waals surface area contributed by atoms with Gasteiger partial charge >= 0.3 is 0 Å². The van der Waals surface area contributed by atoms with E-state index in [1.54, 1.807) is 12.4 Å². The SMILES string of the molecule is CCN(Cc1cnc(N)cn1)c1ccccc1. The average Bonchev–Trinajstić information content (AvgIpc) is 2.39. The van der Waals surface area contributed by atoms with Crippen molar-refractivity contribution in [3.63, 3.8) is 0 Å². The molecule has 0 unspecified atom stereocenters. The van der Waals surface area contributed by atoms with Crippen LogP contribution in [0.4, 0.5) is 11.5 Å². The first-order chi connectivity index (χ1) is 8.29. The van der Waals surface area contributed by atoms with E-state index >= 15 is 0 Å². The lowest BCUT2D eigenvalue weighted by Gasteiger charge is -2.22. The zero-order chi connectivity index (χ0) is 12.1. The van der Waals surface area contributed by atoms with E-state index in [0.717, 1.165) is 18.8 Å². The van der Waals surface area contributed by atoms with Crippen LogP contribution in [0.15, 0.2) is 42.7 Å². The molecule has 0 atom stereocenters. The van der Waals surface area contributed by atoms with Gasteiger partial charge in [-0.1, -0.05) is 18.2 Å². The van der Waals surface area contributed by atoms with Crippen LogP contribution in [0.1, 0.15) is 12.6 Å². The Morgan fingerprint density at radius 3 is 2.47 bits per heavy atom. The summed E-state index contributed by atoms with van der Waals surface area (Å²) in [4.78, 5) is 10.5. The zero-order valence-corrected chi connectivity index (χ0v) is 9.87. The number of para-hydroxylation sites is 1. The van der Waals surface area contributed by atoms with Crippen molar-refractivity contribution in [3.05, 3.63) is 48.4 Å². The molecule has 1 aromatic carbocycles. The standard InChI is InChI=1S/C13H16N4/c1-2-17(12-6-4-3-5-7-12)10-11-8-16-13(14)9-15-11/h3-9H,2,10H2,1H3,(H2,14,16). The summed E-state index contributed by atoms with van der Waals surface area (Å²) in [5.41, 5.74) is 7.62. The molecule has 1 heterocycles. The predicted octanol–water partition coefficient (Wildman–Crippen LogP) is 2.09. The molecular weight excluding hydrogens is 212 g/mol. The van der Waals surface area contributed by atoms with Crippen molar-refractivity contribution in [3.8, 4) is 0 Å². The molecule has 0 bridgehead atoms. The van der Waals surface area contributed by atoms with Crippen molar-refractivity contribution in [2.45, 2.75) is 13.5 Å². The van der Waals surface area contributed by atoms with Gasteiger partial charge in [-0.25, -0.2) is 4.98 Å². The second-order valence-electron chi connectivity index (χ2n) is 3.78. The maximum Gasteiger partial charge on any atom is 0.141 e. The molecule has 0 amide bonds. The van der Waals surface area contributed by atoms with Crippen LogP contribution in [0.25, 0.3) is 0 Å². The second-order valence-corrected chi connectivity index (χ2v) is 3.78. The first kappa shape index (κ1) is 11.4. The van der Waals surface area contributed by atoms with Crippen molar-refractivity contribution in [1.29, 1.82) is 0 Å².